The molecule has 94 valence electrons. The minimum atomic E-state index is -0.881. The average molecular weight is 246 g/mol. The van der Waals surface area contributed by atoms with E-state index < -0.39 is 5.66 Å². The molecular weight excluding hydrogens is 231 g/mol. The van der Waals surface area contributed by atoms with Crippen molar-refractivity contribution < 1.29 is 4.39 Å². The molecule has 1 fully saturated rings. The molecule has 4 nitrogen and oxygen atoms in total. The normalized spacial score (nSPS) is 27.0. The zero-order valence-corrected chi connectivity index (χ0v) is 10.2. The summed E-state index contributed by atoms with van der Waals surface area (Å²) in [6.07, 6.45) is 1.98. The van der Waals surface area contributed by atoms with E-state index in [4.69, 9.17) is 11.5 Å². The van der Waals surface area contributed by atoms with Crippen LogP contribution in [0.15, 0.2) is 28.2 Å². The number of nitrogens with zero attached hydrogens (tertiary/aromatic N) is 2. The summed E-state index contributed by atoms with van der Waals surface area (Å²) in [5, 5.41) is 0. The number of hydrogen-bond acceptors (Lipinski definition) is 4. The quantitative estimate of drug-likeness (QED) is 0.781. The standard InChI is InChI=1S/C13H15FN4/c1-7-12(16)18-13(17-7,8-2-3-8)10-6-9(15)4-5-11(10)14/h4-6,8H,2-3,15H2,1H3,(H2,16,18)/t13-/m0/s1. The molecule has 1 atom stereocenters. The van der Waals surface area contributed by atoms with E-state index in [1.54, 1.807) is 13.0 Å². The Morgan fingerprint density at radius 3 is 2.56 bits per heavy atom. The molecular formula is C13H15FN4. The van der Waals surface area contributed by atoms with E-state index in [2.05, 4.69) is 9.98 Å². The van der Waals surface area contributed by atoms with Gasteiger partial charge in [-0.25, -0.2) is 9.38 Å². The van der Waals surface area contributed by atoms with Crippen LogP contribution < -0.4 is 11.5 Å². The van der Waals surface area contributed by atoms with Crippen molar-refractivity contribution >= 4 is 17.2 Å². The molecule has 18 heavy (non-hydrogen) atoms. The van der Waals surface area contributed by atoms with Crippen molar-refractivity contribution in [3.05, 3.63) is 29.6 Å². The van der Waals surface area contributed by atoms with Crippen LogP contribution in [0.5, 0.6) is 0 Å². The molecule has 1 aliphatic heterocycles. The Hall–Kier alpha value is -1.91. The van der Waals surface area contributed by atoms with Crippen molar-refractivity contribution in [1.82, 2.24) is 0 Å². The molecule has 1 aromatic carbocycles. The highest BCUT2D eigenvalue weighted by atomic mass is 19.1. The van der Waals surface area contributed by atoms with Crippen LogP contribution in [0.25, 0.3) is 0 Å². The predicted molar refractivity (Wildman–Crippen MR) is 69.9 cm³/mol. The molecule has 0 amide bonds. The summed E-state index contributed by atoms with van der Waals surface area (Å²) < 4.78 is 14.1. The third-order valence-corrected chi connectivity index (χ3v) is 3.53. The van der Waals surface area contributed by atoms with Crippen LogP contribution >= 0.6 is 0 Å². The number of anilines is 1. The first-order chi connectivity index (χ1) is 8.53. The first-order valence-corrected chi connectivity index (χ1v) is 6.00. The predicted octanol–water partition coefficient (Wildman–Crippen LogP) is 1.80. The highest BCUT2D eigenvalue weighted by Crippen LogP contribution is 2.51. The highest BCUT2D eigenvalue weighted by Gasteiger charge is 2.50. The maximum atomic E-state index is 14.1. The van der Waals surface area contributed by atoms with Crippen molar-refractivity contribution in [2.24, 2.45) is 21.6 Å². The fourth-order valence-corrected chi connectivity index (χ4v) is 2.44. The molecule has 1 aliphatic carbocycles. The lowest BCUT2D eigenvalue weighted by Gasteiger charge is -2.24. The Kier molecular flexibility index (Phi) is 2.20. The Morgan fingerprint density at radius 2 is 2.00 bits per heavy atom. The molecule has 1 heterocycles. The Balaban J connectivity index is 2.20. The lowest BCUT2D eigenvalue weighted by atomic mass is 9.94. The number of aliphatic imine (C=N–C) groups is 2. The maximum Gasteiger partial charge on any atom is 0.184 e. The van der Waals surface area contributed by atoms with Crippen LogP contribution in [0.2, 0.25) is 0 Å². The number of benzene rings is 1. The number of nitrogens with two attached hydrogens (primary N) is 2. The molecule has 1 saturated carbocycles. The molecule has 3 rings (SSSR count). The summed E-state index contributed by atoms with van der Waals surface area (Å²) in [5.74, 6) is 0.291. The number of hydrogen-bond donors (Lipinski definition) is 2. The van der Waals surface area contributed by atoms with E-state index in [1.807, 2.05) is 0 Å². The van der Waals surface area contributed by atoms with Crippen LogP contribution in [0.3, 0.4) is 0 Å². The van der Waals surface area contributed by atoms with Gasteiger partial charge in [-0.3, -0.25) is 4.99 Å². The monoisotopic (exact) mass is 246 g/mol. The highest BCUT2D eigenvalue weighted by molar-refractivity contribution is 6.41. The van der Waals surface area contributed by atoms with Crippen LogP contribution in [0.4, 0.5) is 10.1 Å². The summed E-state index contributed by atoms with van der Waals surface area (Å²) in [6, 6.07) is 4.52. The van der Waals surface area contributed by atoms with Crippen molar-refractivity contribution in [3.63, 3.8) is 0 Å². The topological polar surface area (TPSA) is 76.8 Å². The van der Waals surface area contributed by atoms with E-state index >= 15 is 0 Å². The van der Waals surface area contributed by atoms with Gasteiger partial charge < -0.3 is 11.5 Å². The fourth-order valence-electron chi connectivity index (χ4n) is 2.44. The van der Waals surface area contributed by atoms with Gasteiger partial charge in [-0.05, 0) is 38.0 Å². The zero-order chi connectivity index (χ0) is 12.9. The number of nitrogen functional groups attached to an aromatic ring is 1. The van der Waals surface area contributed by atoms with Gasteiger partial charge >= 0.3 is 0 Å². The summed E-state index contributed by atoms with van der Waals surface area (Å²) in [5.41, 5.74) is 12.3. The second kappa shape index (κ2) is 3.54. The molecule has 1 aromatic rings. The molecule has 4 N–H and O–H groups in total. The SMILES string of the molecule is CC1=N[C@@](c2cc(N)ccc2F)(C2CC2)N=C1N. The molecule has 0 spiro atoms. The van der Waals surface area contributed by atoms with Gasteiger partial charge in [0.1, 0.15) is 11.7 Å². The van der Waals surface area contributed by atoms with E-state index in [9.17, 15) is 4.39 Å². The van der Waals surface area contributed by atoms with Crippen molar-refractivity contribution in [2.45, 2.75) is 25.4 Å². The number of rotatable bonds is 2. The third kappa shape index (κ3) is 1.50. The average Bonchev–Trinajstić information content (AvgIpc) is 3.11. The minimum absolute atomic E-state index is 0.227. The second-order valence-corrected chi connectivity index (χ2v) is 4.93. The van der Waals surface area contributed by atoms with Gasteiger partial charge in [0.15, 0.2) is 5.66 Å². The molecule has 0 saturated heterocycles. The fraction of sp³-hybridized carbons (Fsp3) is 0.385. The molecule has 5 heteroatoms. The van der Waals surface area contributed by atoms with Gasteiger partial charge in [-0.15, -0.1) is 0 Å². The van der Waals surface area contributed by atoms with Crippen LogP contribution in [-0.2, 0) is 5.66 Å². The van der Waals surface area contributed by atoms with Crippen molar-refractivity contribution in [3.8, 4) is 0 Å². The van der Waals surface area contributed by atoms with E-state index in [0.717, 1.165) is 12.8 Å². The van der Waals surface area contributed by atoms with E-state index in [-0.39, 0.29) is 11.7 Å². The summed E-state index contributed by atoms with van der Waals surface area (Å²) in [6.45, 7) is 1.80. The van der Waals surface area contributed by atoms with Crippen molar-refractivity contribution in [2.75, 3.05) is 5.73 Å². The summed E-state index contributed by atoms with van der Waals surface area (Å²) >= 11 is 0. The maximum absolute atomic E-state index is 14.1. The minimum Gasteiger partial charge on any atom is -0.399 e. The van der Waals surface area contributed by atoms with Crippen LogP contribution in [0.1, 0.15) is 25.3 Å². The molecule has 0 radical (unpaired) electrons. The smallest absolute Gasteiger partial charge is 0.184 e. The van der Waals surface area contributed by atoms with Crippen molar-refractivity contribution in [1.29, 1.82) is 0 Å². The van der Waals surface area contributed by atoms with E-state index in [0.29, 0.717) is 22.8 Å². The second-order valence-electron chi connectivity index (χ2n) is 4.93. The number of halogens is 1. The van der Waals surface area contributed by atoms with Gasteiger partial charge in [0.2, 0.25) is 0 Å². The molecule has 0 aromatic heterocycles. The number of amidine groups is 1. The third-order valence-electron chi connectivity index (χ3n) is 3.53. The Labute approximate surface area is 105 Å². The lowest BCUT2D eigenvalue weighted by Crippen LogP contribution is -2.24. The van der Waals surface area contributed by atoms with Gasteiger partial charge in [0.05, 0.1) is 5.71 Å². The Morgan fingerprint density at radius 1 is 1.28 bits per heavy atom. The summed E-state index contributed by atoms with van der Waals surface area (Å²) in [4.78, 5) is 8.96. The first-order valence-electron chi connectivity index (χ1n) is 6.00. The van der Waals surface area contributed by atoms with Gasteiger partial charge in [-0.1, -0.05) is 0 Å². The van der Waals surface area contributed by atoms with Gasteiger partial charge in [0.25, 0.3) is 0 Å². The Bertz CT molecular complexity index is 554. The first kappa shape index (κ1) is 11.2. The van der Waals surface area contributed by atoms with E-state index in [1.165, 1.54) is 12.1 Å². The van der Waals surface area contributed by atoms with Crippen LogP contribution in [-0.4, -0.2) is 11.5 Å². The summed E-state index contributed by atoms with van der Waals surface area (Å²) in [7, 11) is 0. The van der Waals surface area contributed by atoms with Gasteiger partial charge in [-0.2, -0.15) is 0 Å². The lowest BCUT2D eigenvalue weighted by molar-refractivity contribution is 0.396. The largest absolute Gasteiger partial charge is 0.399 e. The molecule has 0 bridgehead atoms. The molecule has 2 aliphatic rings. The zero-order valence-electron chi connectivity index (χ0n) is 10.2. The molecule has 0 unspecified atom stereocenters. The van der Waals surface area contributed by atoms with Gasteiger partial charge in [0, 0.05) is 17.2 Å². The van der Waals surface area contributed by atoms with Crippen LogP contribution in [0, 0.1) is 11.7 Å².